The van der Waals surface area contributed by atoms with E-state index in [1.165, 1.54) is 7.11 Å². The van der Waals surface area contributed by atoms with Crippen molar-refractivity contribution in [3.8, 4) is 0 Å². The highest BCUT2D eigenvalue weighted by Crippen LogP contribution is 2.06. The van der Waals surface area contributed by atoms with Crippen molar-refractivity contribution in [2.24, 2.45) is 0 Å². The molecule has 0 aromatic rings. The molecule has 0 radical (unpaired) electrons. The second-order valence-corrected chi connectivity index (χ2v) is 2.33. The van der Waals surface area contributed by atoms with Crippen LogP contribution in [0, 0.1) is 0 Å². The Bertz CT molecular complexity index is 114. The van der Waals surface area contributed by atoms with Crippen molar-refractivity contribution in [1.29, 1.82) is 0 Å². The second kappa shape index (κ2) is 4.64. The largest absolute Gasteiger partial charge is 0.379 e. The minimum absolute atomic E-state index is 0.359. The molecule has 0 aliphatic carbocycles. The zero-order valence-corrected chi connectivity index (χ0v) is 6.04. The molecular weight excluding hydrogens is 160 g/mol. The van der Waals surface area contributed by atoms with Gasteiger partial charge in [0.05, 0.1) is 19.2 Å². The predicted molar refractivity (Wildman–Crippen MR) is 33.8 cm³/mol. The first-order chi connectivity index (χ1) is 4.59. The third-order valence-electron chi connectivity index (χ3n) is 0.689. The van der Waals surface area contributed by atoms with Gasteiger partial charge in [0.1, 0.15) is 0 Å². The molecule has 5 nitrogen and oxygen atoms in total. The van der Waals surface area contributed by atoms with E-state index in [2.05, 4.69) is 4.18 Å². The summed E-state index contributed by atoms with van der Waals surface area (Å²) in [4.78, 5) is 10.5. The Morgan fingerprint density at radius 2 is 2.00 bits per heavy atom. The van der Waals surface area contributed by atoms with Crippen LogP contribution in [0.25, 0.3) is 0 Å². The molecule has 1 atom stereocenters. The molecule has 0 spiro atoms. The first-order valence-corrected chi connectivity index (χ1v) is 3.12. The maximum atomic E-state index is 10.5. The van der Waals surface area contributed by atoms with E-state index in [4.69, 9.17) is 15.3 Å². The van der Waals surface area contributed by atoms with Crippen LogP contribution in [-0.4, -0.2) is 39.9 Å². The quantitative estimate of drug-likeness (QED) is 0.350. The molecule has 0 aromatic heterocycles. The molecule has 0 heterocycles. The fraction of sp³-hybridized carbons (Fsp3) is 0.750. The van der Waals surface area contributed by atoms with E-state index in [-0.39, 0.29) is 0 Å². The molecule has 0 saturated heterocycles. The van der Waals surface area contributed by atoms with Gasteiger partial charge in [-0.2, -0.15) is 0 Å². The van der Waals surface area contributed by atoms with Crippen LogP contribution < -0.4 is 0 Å². The molecule has 0 rings (SSSR count). The minimum atomic E-state index is -2.05. The van der Waals surface area contributed by atoms with Gasteiger partial charge in [-0.1, -0.05) is 0 Å². The highest BCUT2D eigenvalue weighted by atomic mass is 32.2. The van der Waals surface area contributed by atoms with Crippen LogP contribution in [0.3, 0.4) is 0 Å². The maximum absolute atomic E-state index is 10.5. The summed E-state index contributed by atoms with van der Waals surface area (Å²) in [5.41, 5.74) is 0. The molecule has 0 bridgehead atoms. The Hall–Kier alpha value is -0.140. The van der Waals surface area contributed by atoms with Crippen molar-refractivity contribution in [2.75, 3.05) is 7.11 Å². The Balaban J connectivity index is 3.71. The van der Waals surface area contributed by atoms with E-state index in [1.807, 2.05) is 0 Å². The van der Waals surface area contributed by atoms with E-state index < -0.39 is 17.5 Å². The summed E-state index contributed by atoms with van der Waals surface area (Å²) in [5.74, 6) is 0. The minimum Gasteiger partial charge on any atom is -0.379 e. The summed E-state index contributed by atoms with van der Waals surface area (Å²) < 4.78 is 4.26. The molecular formula is C4H8O5S. The Labute approximate surface area is 61.8 Å². The summed E-state index contributed by atoms with van der Waals surface area (Å²) >= 11 is 0.359. The van der Waals surface area contributed by atoms with Gasteiger partial charge in [-0.05, 0) is 0 Å². The topological polar surface area (TPSA) is 87.0 Å². The van der Waals surface area contributed by atoms with E-state index in [0.29, 0.717) is 12.0 Å². The monoisotopic (exact) mass is 168 g/mol. The molecule has 10 heavy (non-hydrogen) atoms. The molecule has 0 aromatic carbocycles. The average Bonchev–Trinajstić information content (AvgIpc) is 1.87. The molecule has 0 aliphatic rings. The number of rotatable bonds is 3. The molecule has 60 valence electrons. The van der Waals surface area contributed by atoms with Gasteiger partial charge in [0.2, 0.25) is 5.12 Å². The molecule has 1 unspecified atom stereocenters. The average molecular weight is 168 g/mol. The fourth-order valence-electron chi connectivity index (χ4n) is 0.253. The summed E-state index contributed by atoms with van der Waals surface area (Å²) in [7, 11) is 1.24. The van der Waals surface area contributed by atoms with E-state index >= 15 is 0 Å². The van der Waals surface area contributed by atoms with E-state index in [9.17, 15) is 4.79 Å². The van der Waals surface area contributed by atoms with Gasteiger partial charge in [-0.15, -0.1) is 0 Å². The molecule has 0 amide bonds. The normalized spacial score (nSPS) is 13.7. The van der Waals surface area contributed by atoms with Gasteiger partial charge in [-0.3, -0.25) is 4.79 Å². The van der Waals surface area contributed by atoms with Crippen LogP contribution in [0.5, 0.6) is 0 Å². The van der Waals surface area contributed by atoms with Gasteiger partial charge in [0.15, 0.2) is 12.4 Å². The lowest BCUT2D eigenvalue weighted by Crippen LogP contribution is -2.31. The standard InChI is InChI=1S/C4H8O5S/c1-9-10-4(8)2(5)3(6)7/h2-3,5-7H,1H3. The van der Waals surface area contributed by atoms with E-state index in [0.717, 1.165) is 0 Å². The molecule has 0 aliphatic heterocycles. The summed E-state index contributed by atoms with van der Waals surface area (Å²) in [5, 5.41) is 24.2. The maximum Gasteiger partial charge on any atom is 0.249 e. The van der Waals surface area contributed by atoms with Crippen LogP contribution >= 0.6 is 12.0 Å². The highest BCUT2D eigenvalue weighted by Gasteiger charge is 2.22. The van der Waals surface area contributed by atoms with Gasteiger partial charge < -0.3 is 19.5 Å². The lowest BCUT2D eigenvalue weighted by atomic mass is 10.4. The number of hydrogen-bond acceptors (Lipinski definition) is 6. The van der Waals surface area contributed by atoms with Crippen LogP contribution in [0.2, 0.25) is 0 Å². The smallest absolute Gasteiger partial charge is 0.249 e. The SMILES string of the molecule is COSC(=O)C(O)C(O)O. The zero-order valence-electron chi connectivity index (χ0n) is 5.22. The Morgan fingerprint density at radius 1 is 1.50 bits per heavy atom. The van der Waals surface area contributed by atoms with Gasteiger partial charge in [0, 0.05) is 0 Å². The Kier molecular flexibility index (Phi) is 4.58. The number of carbonyl (C=O) groups is 1. The summed E-state index contributed by atoms with van der Waals surface area (Å²) in [6.45, 7) is 0. The van der Waals surface area contributed by atoms with Crippen LogP contribution in [0.1, 0.15) is 0 Å². The molecule has 0 saturated carbocycles. The van der Waals surface area contributed by atoms with Crippen molar-refractivity contribution >= 4 is 17.2 Å². The summed E-state index contributed by atoms with van der Waals surface area (Å²) in [6.07, 6.45) is -3.85. The fourth-order valence-corrected chi connectivity index (χ4v) is 0.638. The number of carbonyl (C=O) groups excluding carboxylic acids is 1. The van der Waals surface area contributed by atoms with Crippen LogP contribution in [0.4, 0.5) is 0 Å². The van der Waals surface area contributed by atoms with E-state index in [1.54, 1.807) is 0 Å². The third kappa shape index (κ3) is 3.14. The molecule has 6 heteroatoms. The lowest BCUT2D eigenvalue weighted by Gasteiger charge is -2.08. The van der Waals surface area contributed by atoms with Gasteiger partial charge in [-0.25, -0.2) is 0 Å². The zero-order chi connectivity index (χ0) is 8.15. The Morgan fingerprint density at radius 3 is 2.30 bits per heavy atom. The summed E-state index contributed by atoms with van der Waals surface area (Å²) in [6, 6.07) is 0. The highest BCUT2D eigenvalue weighted by molar-refractivity contribution is 8.09. The lowest BCUT2D eigenvalue weighted by molar-refractivity contribution is -0.146. The number of hydrogen-bond donors (Lipinski definition) is 3. The van der Waals surface area contributed by atoms with Gasteiger partial charge in [0.25, 0.3) is 0 Å². The van der Waals surface area contributed by atoms with Gasteiger partial charge >= 0.3 is 0 Å². The van der Waals surface area contributed by atoms with Crippen LogP contribution in [-0.2, 0) is 8.98 Å². The molecule has 3 N–H and O–H groups in total. The third-order valence-corrected chi connectivity index (χ3v) is 1.26. The van der Waals surface area contributed by atoms with Crippen molar-refractivity contribution < 1.29 is 24.3 Å². The number of aliphatic hydroxyl groups is 3. The second-order valence-electron chi connectivity index (χ2n) is 1.43. The first-order valence-electron chi connectivity index (χ1n) is 2.38. The predicted octanol–water partition coefficient (Wildman–Crippen LogP) is -1.52. The van der Waals surface area contributed by atoms with Crippen molar-refractivity contribution in [3.63, 3.8) is 0 Å². The first kappa shape index (κ1) is 9.86. The molecule has 0 fully saturated rings. The van der Waals surface area contributed by atoms with Crippen LogP contribution in [0.15, 0.2) is 0 Å². The number of aliphatic hydroxyl groups excluding tert-OH is 2. The van der Waals surface area contributed by atoms with Crippen molar-refractivity contribution in [2.45, 2.75) is 12.4 Å². The van der Waals surface area contributed by atoms with Crippen molar-refractivity contribution in [1.82, 2.24) is 0 Å². The van der Waals surface area contributed by atoms with Crippen molar-refractivity contribution in [3.05, 3.63) is 0 Å².